The van der Waals surface area contributed by atoms with Crippen molar-refractivity contribution in [2.75, 3.05) is 7.11 Å². The van der Waals surface area contributed by atoms with Crippen LogP contribution >= 0.6 is 11.6 Å². The summed E-state index contributed by atoms with van der Waals surface area (Å²) < 4.78 is 4.56. The zero-order valence-electron chi connectivity index (χ0n) is 8.99. The number of ketones is 1. The fraction of sp³-hybridized carbons (Fsp3) is 0.167. The molecule has 0 radical (unpaired) electrons. The van der Waals surface area contributed by atoms with Crippen LogP contribution in [0.3, 0.4) is 0 Å². The number of benzene rings is 1. The van der Waals surface area contributed by atoms with Crippen molar-refractivity contribution in [3.8, 4) is 0 Å². The average molecular weight is 239 g/mol. The van der Waals surface area contributed by atoms with Gasteiger partial charge in [0.1, 0.15) is 0 Å². The predicted octanol–water partition coefficient (Wildman–Crippen LogP) is 2.73. The Morgan fingerprint density at radius 1 is 1.38 bits per heavy atom. The number of hydrogen-bond donors (Lipinski definition) is 0. The van der Waals surface area contributed by atoms with Crippen molar-refractivity contribution in [3.05, 3.63) is 40.4 Å². The number of esters is 1. The summed E-state index contributed by atoms with van der Waals surface area (Å²) in [6.07, 6.45) is 3.07. The number of carbonyl (C=O) groups is 2. The van der Waals surface area contributed by atoms with Crippen molar-refractivity contribution in [1.29, 1.82) is 0 Å². The molecule has 0 unspecified atom stereocenters. The summed E-state index contributed by atoms with van der Waals surface area (Å²) in [5.41, 5.74) is 1.07. The average Bonchev–Trinajstić information content (AvgIpc) is 2.25. The number of allylic oxidation sites excluding steroid dienone is 1. The molecule has 1 rings (SSSR count). The van der Waals surface area contributed by atoms with Gasteiger partial charge >= 0.3 is 5.97 Å². The van der Waals surface area contributed by atoms with Gasteiger partial charge in [-0.2, -0.15) is 0 Å². The van der Waals surface area contributed by atoms with E-state index in [-0.39, 0.29) is 5.78 Å². The lowest BCUT2D eigenvalue weighted by atomic mass is 10.1. The molecule has 0 bridgehead atoms. The van der Waals surface area contributed by atoms with E-state index < -0.39 is 5.97 Å². The number of methoxy groups -OCH3 is 1. The molecule has 0 amide bonds. The van der Waals surface area contributed by atoms with Crippen molar-refractivity contribution in [2.45, 2.75) is 6.92 Å². The lowest BCUT2D eigenvalue weighted by molar-refractivity contribution is -0.112. The van der Waals surface area contributed by atoms with Crippen LogP contribution in [0.25, 0.3) is 6.08 Å². The van der Waals surface area contributed by atoms with Crippen LogP contribution in [0, 0.1) is 0 Å². The fourth-order valence-electron chi connectivity index (χ4n) is 1.12. The fourth-order valence-corrected chi connectivity index (χ4v) is 1.39. The van der Waals surface area contributed by atoms with Gasteiger partial charge in [-0.1, -0.05) is 23.7 Å². The summed E-state index contributed by atoms with van der Waals surface area (Å²) in [5, 5.41) is 0.303. The van der Waals surface area contributed by atoms with Crippen LogP contribution in [-0.4, -0.2) is 18.9 Å². The van der Waals surface area contributed by atoms with E-state index in [1.807, 2.05) is 0 Å². The Morgan fingerprint density at radius 3 is 2.56 bits per heavy atom. The first-order valence-electron chi connectivity index (χ1n) is 4.61. The van der Waals surface area contributed by atoms with Crippen molar-refractivity contribution in [3.63, 3.8) is 0 Å². The lowest BCUT2D eigenvalue weighted by Gasteiger charge is -2.02. The molecular weight excluding hydrogens is 228 g/mol. The molecule has 1 aromatic carbocycles. The largest absolute Gasteiger partial charge is 0.465 e. The maximum atomic E-state index is 11.2. The summed E-state index contributed by atoms with van der Waals surface area (Å²) in [7, 11) is 1.29. The van der Waals surface area contributed by atoms with Crippen LogP contribution in [0.5, 0.6) is 0 Å². The minimum Gasteiger partial charge on any atom is -0.465 e. The van der Waals surface area contributed by atoms with Crippen LogP contribution in [-0.2, 0) is 9.53 Å². The van der Waals surface area contributed by atoms with Gasteiger partial charge in [0.2, 0.25) is 0 Å². The minimum absolute atomic E-state index is 0.0480. The van der Waals surface area contributed by atoms with Gasteiger partial charge < -0.3 is 4.74 Å². The summed E-state index contributed by atoms with van der Waals surface area (Å²) in [6.45, 7) is 1.46. The molecule has 0 aromatic heterocycles. The Balaban J connectivity index is 2.99. The molecule has 0 fully saturated rings. The quantitative estimate of drug-likeness (QED) is 0.601. The monoisotopic (exact) mass is 238 g/mol. The zero-order valence-corrected chi connectivity index (χ0v) is 9.75. The summed E-state index contributed by atoms with van der Waals surface area (Å²) in [6, 6.07) is 4.86. The smallest absolute Gasteiger partial charge is 0.339 e. The van der Waals surface area contributed by atoms with Gasteiger partial charge in [-0.3, -0.25) is 4.79 Å². The second kappa shape index (κ2) is 5.47. The molecule has 0 saturated carbocycles. The Hall–Kier alpha value is -1.61. The van der Waals surface area contributed by atoms with E-state index in [0.29, 0.717) is 10.6 Å². The number of ether oxygens (including phenoxy) is 1. The third-order valence-corrected chi connectivity index (χ3v) is 2.22. The molecule has 0 N–H and O–H groups in total. The van der Waals surface area contributed by atoms with E-state index >= 15 is 0 Å². The Labute approximate surface area is 98.7 Å². The second-order valence-electron chi connectivity index (χ2n) is 3.17. The van der Waals surface area contributed by atoms with E-state index in [0.717, 1.165) is 5.56 Å². The molecule has 0 atom stereocenters. The van der Waals surface area contributed by atoms with Gasteiger partial charge in [0.15, 0.2) is 5.78 Å². The molecule has 0 saturated heterocycles. The van der Waals surface area contributed by atoms with E-state index in [9.17, 15) is 9.59 Å². The predicted molar refractivity (Wildman–Crippen MR) is 62.5 cm³/mol. The molecule has 4 heteroatoms. The SMILES string of the molecule is COC(=O)c1ccc(/C=C/C(C)=O)cc1Cl. The van der Waals surface area contributed by atoms with Crippen LogP contribution in [0.4, 0.5) is 0 Å². The lowest BCUT2D eigenvalue weighted by Crippen LogP contribution is -2.01. The van der Waals surface area contributed by atoms with Gasteiger partial charge in [0.05, 0.1) is 17.7 Å². The Morgan fingerprint density at radius 2 is 2.06 bits per heavy atom. The molecule has 84 valence electrons. The Kier molecular flexibility index (Phi) is 4.26. The third-order valence-electron chi connectivity index (χ3n) is 1.91. The van der Waals surface area contributed by atoms with Gasteiger partial charge in [0.25, 0.3) is 0 Å². The molecule has 0 heterocycles. The molecule has 1 aromatic rings. The maximum absolute atomic E-state index is 11.2. The first-order valence-corrected chi connectivity index (χ1v) is 4.99. The molecule has 3 nitrogen and oxygen atoms in total. The minimum atomic E-state index is -0.480. The topological polar surface area (TPSA) is 43.4 Å². The van der Waals surface area contributed by atoms with Gasteiger partial charge in [-0.25, -0.2) is 4.79 Å². The van der Waals surface area contributed by atoms with Crippen molar-refractivity contribution >= 4 is 29.4 Å². The van der Waals surface area contributed by atoms with Crippen molar-refractivity contribution in [1.82, 2.24) is 0 Å². The normalized spacial score (nSPS) is 10.4. The number of hydrogen-bond acceptors (Lipinski definition) is 3. The first-order chi connectivity index (χ1) is 7.54. The summed E-state index contributed by atoms with van der Waals surface area (Å²) in [5.74, 6) is -0.528. The highest BCUT2D eigenvalue weighted by atomic mass is 35.5. The summed E-state index contributed by atoms with van der Waals surface area (Å²) >= 11 is 5.90. The van der Waals surface area contributed by atoms with Crippen LogP contribution < -0.4 is 0 Å². The molecule has 0 spiro atoms. The molecule has 16 heavy (non-hydrogen) atoms. The molecule has 0 aliphatic heterocycles. The van der Waals surface area contributed by atoms with Crippen molar-refractivity contribution < 1.29 is 14.3 Å². The summed E-state index contributed by atoms with van der Waals surface area (Å²) in [4.78, 5) is 22.0. The first kappa shape index (κ1) is 12.5. The highest BCUT2D eigenvalue weighted by Crippen LogP contribution is 2.19. The van der Waals surface area contributed by atoms with E-state index in [1.54, 1.807) is 24.3 Å². The van der Waals surface area contributed by atoms with E-state index in [2.05, 4.69) is 4.74 Å². The molecule has 0 aliphatic carbocycles. The third kappa shape index (κ3) is 3.21. The number of carbonyl (C=O) groups excluding carboxylic acids is 2. The van der Waals surface area contributed by atoms with Gasteiger partial charge in [-0.15, -0.1) is 0 Å². The van der Waals surface area contributed by atoms with E-state index in [4.69, 9.17) is 11.6 Å². The zero-order chi connectivity index (χ0) is 12.1. The van der Waals surface area contributed by atoms with Crippen molar-refractivity contribution in [2.24, 2.45) is 0 Å². The van der Waals surface area contributed by atoms with Gasteiger partial charge in [-0.05, 0) is 30.7 Å². The van der Waals surface area contributed by atoms with E-state index in [1.165, 1.54) is 20.1 Å². The Bertz CT molecular complexity index is 450. The second-order valence-corrected chi connectivity index (χ2v) is 3.58. The number of halogens is 1. The van der Waals surface area contributed by atoms with Crippen LogP contribution in [0.1, 0.15) is 22.8 Å². The highest BCUT2D eigenvalue weighted by Gasteiger charge is 2.09. The van der Waals surface area contributed by atoms with Crippen LogP contribution in [0.2, 0.25) is 5.02 Å². The van der Waals surface area contributed by atoms with Crippen LogP contribution in [0.15, 0.2) is 24.3 Å². The number of rotatable bonds is 3. The molecule has 0 aliphatic rings. The maximum Gasteiger partial charge on any atom is 0.339 e. The van der Waals surface area contributed by atoms with Gasteiger partial charge in [0, 0.05) is 0 Å². The highest BCUT2D eigenvalue weighted by molar-refractivity contribution is 6.33. The standard InChI is InChI=1S/C12H11ClO3/c1-8(14)3-4-9-5-6-10(11(13)7-9)12(15)16-2/h3-7H,1-2H3/b4-3+. The molecular formula is C12H11ClO3.